The van der Waals surface area contributed by atoms with Crippen LogP contribution in [-0.4, -0.2) is 16.6 Å². The van der Waals surface area contributed by atoms with Gasteiger partial charge in [-0.3, -0.25) is 0 Å². The maximum absolute atomic E-state index is 5.52. The lowest BCUT2D eigenvalue weighted by atomic mass is 10.3. The van der Waals surface area contributed by atoms with E-state index < -0.39 is 0 Å². The highest BCUT2D eigenvalue weighted by Gasteiger charge is 2.00. The predicted molar refractivity (Wildman–Crippen MR) is 56.6 cm³/mol. The summed E-state index contributed by atoms with van der Waals surface area (Å²) in [5.41, 5.74) is 2.03. The number of hydrogen-bond donors (Lipinski definition) is 1. The minimum Gasteiger partial charge on any atom is -0.494 e. The molecule has 0 saturated carbocycles. The van der Waals surface area contributed by atoms with Gasteiger partial charge in [0.25, 0.3) is 0 Å². The second-order valence-electron chi connectivity index (χ2n) is 3.35. The van der Waals surface area contributed by atoms with Crippen LogP contribution >= 0.6 is 0 Å². The van der Waals surface area contributed by atoms with Gasteiger partial charge in [0, 0.05) is 6.07 Å². The molecule has 0 fully saturated rings. The Morgan fingerprint density at radius 1 is 1.43 bits per heavy atom. The van der Waals surface area contributed by atoms with Crippen LogP contribution < -0.4 is 4.74 Å². The Morgan fingerprint density at radius 2 is 2.29 bits per heavy atom. The lowest BCUT2D eigenvalue weighted by molar-refractivity contribution is 0.318. The molecular formula is C11H14N2O. The fourth-order valence-corrected chi connectivity index (χ4v) is 1.43. The van der Waals surface area contributed by atoms with Crippen molar-refractivity contribution in [1.82, 2.24) is 9.97 Å². The Bertz CT molecular complexity index is 434. The highest BCUT2D eigenvalue weighted by atomic mass is 16.5. The first kappa shape index (κ1) is 9.06. The van der Waals surface area contributed by atoms with Gasteiger partial charge in [-0.25, -0.2) is 4.98 Å². The van der Waals surface area contributed by atoms with Gasteiger partial charge in [0.05, 0.1) is 17.6 Å². The Labute approximate surface area is 83.1 Å². The van der Waals surface area contributed by atoms with Gasteiger partial charge in [-0.1, -0.05) is 6.92 Å². The number of fused-ring (bicyclic) bond motifs is 1. The molecule has 2 rings (SSSR count). The summed E-state index contributed by atoms with van der Waals surface area (Å²) in [6, 6.07) is 5.92. The average molecular weight is 190 g/mol. The largest absolute Gasteiger partial charge is 0.494 e. The number of ether oxygens (including phenoxy) is 1. The average Bonchev–Trinajstić information content (AvgIpc) is 2.54. The van der Waals surface area contributed by atoms with Crippen LogP contribution in [-0.2, 0) is 0 Å². The number of aromatic nitrogens is 2. The molecule has 0 radical (unpaired) electrons. The van der Waals surface area contributed by atoms with E-state index in [1.54, 1.807) is 0 Å². The first-order valence-electron chi connectivity index (χ1n) is 4.89. The summed E-state index contributed by atoms with van der Waals surface area (Å²) in [6.45, 7) is 4.81. The number of nitrogens with zero attached hydrogens (tertiary/aromatic N) is 1. The number of benzene rings is 1. The Morgan fingerprint density at radius 3 is 3.07 bits per heavy atom. The number of aromatic amines is 1. The molecule has 74 valence electrons. The quantitative estimate of drug-likeness (QED) is 0.808. The molecule has 0 unspecified atom stereocenters. The first-order chi connectivity index (χ1) is 6.79. The van der Waals surface area contributed by atoms with Crippen molar-refractivity contribution in [3.8, 4) is 5.75 Å². The van der Waals surface area contributed by atoms with E-state index in [-0.39, 0.29) is 0 Å². The van der Waals surface area contributed by atoms with E-state index in [2.05, 4.69) is 16.9 Å². The molecule has 0 bridgehead atoms. The molecule has 0 saturated heterocycles. The number of H-pyrrole nitrogens is 1. The van der Waals surface area contributed by atoms with Crippen LogP contribution in [0, 0.1) is 6.92 Å². The van der Waals surface area contributed by atoms with Crippen molar-refractivity contribution in [3.05, 3.63) is 24.0 Å². The zero-order valence-electron chi connectivity index (χ0n) is 8.50. The molecule has 3 nitrogen and oxygen atoms in total. The molecule has 0 atom stereocenters. The van der Waals surface area contributed by atoms with Crippen molar-refractivity contribution < 1.29 is 4.74 Å². The van der Waals surface area contributed by atoms with E-state index in [9.17, 15) is 0 Å². The maximum atomic E-state index is 5.52. The first-order valence-corrected chi connectivity index (χ1v) is 4.89. The van der Waals surface area contributed by atoms with Crippen molar-refractivity contribution in [1.29, 1.82) is 0 Å². The monoisotopic (exact) mass is 190 g/mol. The van der Waals surface area contributed by atoms with Crippen molar-refractivity contribution in [2.45, 2.75) is 20.3 Å². The zero-order chi connectivity index (χ0) is 9.97. The Balaban J connectivity index is 2.31. The van der Waals surface area contributed by atoms with E-state index in [1.807, 2.05) is 25.1 Å². The van der Waals surface area contributed by atoms with E-state index in [1.165, 1.54) is 0 Å². The molecule has 1 N–H and O–H groups in total. The number of nitrogens with one attached hydrogen (secondary N) is 1. The summed E-state index contributed by atoms with van der Waals surface area (Å²) in [6.07, 6.45) is 1.03. The van der Waals surface area contributed by atoms with Crippen LogP contribution in [0.1, 0.15) is 19.2 Å². The van der Waals surface area contributed by atoms with Gasteiger partial charge in [-0.15, -0.1) is 0 Å². The summed E-state index contributed by atoms with van der Waals surface area (Å²) in [5.74, 6) is 1.84. The molecule has 0 aliphatic carbocycles. The van der Waals surface area contributed by atoms with Crippen LogP contribution in [0.5, 0.6) is 5.75 Å². The molecular weight excluding hydrogens is 176 g/mol. The van der Waals surface area contributed by atoms with Crippen molar-refractivity contribution in [3.63, 3.8) is 0 Å². The molecule has 14 heavy (non-hydrogen) atoms. The van der Waals surface area contributed by atoms with E-state index in [0.717, 1.165) is 35.6 Å². The lowest BCUT2D eigenvalue weighted by Crippen LogP contribution is -1.94. The van der Waals surface area contributed by atoms with Gasteiger partial charge in [-0.05, 0) is 25.5 Å². The number of hydrogen-bond acceptors (Lipinski definition) is 2. The van der Waals surface area contributed by atoms with E-state index in [4.69, 9.17) is 4.74 Å². The van der Waals surface area contributed by atoms with Crippen LogP contribution in [0.3, 0.4) is 0 Å². The standard InChI is InChI=1S/C11H14N2O/c1-3-6-14-9-4-5-10-11(7-9)13-8(2)12-10/h4-5,7H,3,6H2,1-2H3,(H,12,13). The summed E-state index contributed by atoms with van der Waals surface area (Å²) in [7, 11) is 0. The summed E-state index contributed by atoms with van der Waals surface area (Å²) < 4.78 is 5.52. The fraction of sp³-hybridized carbons (Fsp3) is 0.364. The highest BCUT2D eigenvalue weighted by molar-refractivity contribution is 5.76. The summed E-state index contributed by atoms with van der Waals surface area (Å²) in [5, 5.41) is 0. The van der Waals surface area contributed by atoms with E-state index >= 15 is 0 Å². The molecule has 2 aromatic rings. The maximum Gasteiger partial charge on any atom is 0.121 e. The molecule has 0 spiro atoms. The highest BCUT2D eigenvalue weighted by Crippen LogP contribution is 2.18. The molecule has 0 aliphatic heterocycles. The smallest absolute Gasteiger partial charge is 0.121 e. The zero-order valence-corrected chi connectivity index (χ0v) is 8.50. The molecule has 0 amide bonds. The third-order valence-corrected chi connectivity index (χ3v) is 2.04. The summed E-state index contributed by atoms with van der Waals surface area (Å²) >= 11 is 0. The van der Waals surface area contributed by atoms with Crippen molar-refractivity contribution in [2.75, 3.05) is 6.61 Å². The Hall–Kier alpha value is -1.51. The van der Waals surface area contributed by atoms with Crippen LogP contribution in [0.15, 0.2) is 18.2 Å². The topological polar surface area (TPSA) is 37.9 Å². The number of rotatable bonds is 3. The molecule has 1 heterocycles. The van der Waals surface area contributed by atoms with Gasteiger partial charge < -0.3 is 9.72 Å². The SMILES string of the molecule is CCCOc1ccc2nc(C)[nH]c2c1. The fourth-order valence-electron chi connectivity index (χ4n) is 1.43. The van der Waals surface area contributed by atoms with E-state index in [0.29, 0.717) is 0 Å². The van der Waals surface area contributed by atoms with Crippen LogP contribution in [0.4, 0.5) is 0 Å². The number of imidazole rings is 1. The second-order valence-corrected chi connectivity index (χ2v) is 3.35. The molecule has 1 aromatic carbocycles. The van der Waals surface area contributed by atoms with Gasteiger partial charge in [0.15, 0.2) is 0 Å². The van der Waals surface area contributed by atoms with Crippen LogP contribution in [0.2, 0.25) is 0 Å². The number of aryl methyl sites for hydroxylation is 1. The predicted octanol–water partition coefficient (Wildman–Crippen LogP) is 2.66. The third-order valence-electron chi connectivity index (χ3n) is 2.04. The summed E-state index contributed by atoms with van der Waals surface area (Å²) in [4.78, 5) is 7.51. The van der Waals surface area contributed by atoms with Gasteiger partial charge in [-0.2, -0.15) is 0 Å². The van der Waals surface area contributed by atoms with Crippen molar-refractivity contribution >= 4 is 11.0 Å². The minimum atomic E-state index is 0.763. The van der Waals surface area contributed by atoms with Gasteiger partial charge in [0.1, 0.15) is 11.6 Å². The van der Waals surface area contributed by atoms with Gasteiger partial charge in [0.2, 0.25) is 0 Å². The Kier molecular flexibility index (Phi) is 2.39. The molecule has 0 aliphatic rings. The lowest BCUT2D eigenvalue weighted by Gasteiger charge is -2.02. The molecule has 3 heteroatoms. The van der Waals surface area contributed by atoms with Gasteiger partial charge >= 0.3 is 0 Å². The van der Waals surface area contributed by atoms with Crippen molar-refractivity contribution in [2.24, 2.45) is 0 Å². The van der Waals surface area contributed by atoms with Crippen LogP contribution in [0.25, 0.3) is 11.0 Å². The molecule has 1 aromatic heterocycles. The minimum absolute atomic E-state index is 0.763. The second kappa shape index (κ2) is 3.70. The third kappa shape index (κ3) is 1.71. The normalized spacial score (nSPS) is 10.7.